The lowest BCUT2D eigenvalue weighted by molar-refractivity contribution is -0.143. The van der Waals surface area contributed by atoms with Gasteiger partial charge in [0, 0.05) is 17.0 Å². The highest BCUT2D eigenvalue weighted by Crippen LogP contribution is 2.64. The predicted molar refractivity (Wildman–Crippen MR) is 178 cm³/mol. The molecule has 0 unspecified atom stereocenters. The van der Waals surface area contributed by atoms with E-state index in [4.69, 9.17) is 14.2 Å². The van der Waals surface area contributed by atoms with Gasteiger partial charge in [-0.3, -0.25) is 4.79 Å². The third-order valence-corrected chi connectivity index (χ3v) is 9.41. The van der Waals surface area contributed by atoms with E-state index in [2.05, 4.69) is 79.7 Å². The Morgan fingerprint density at radius 1 is 0.717 bits per heavy atom. The van der Waals surface area contributed by atoms with Crippen LogP contribution >= 0.6 is 0 Å². The lowest BCUT2D eigenvalue weighted by Crippen LogP contribution is -2.44. The maximum absolute atomic E-state index is 13.8. The van der Waals surface area contributed by atoms with Gasteiger partial charge in [-0.25, -0.2) is 4.79 Å². The van der Waals surface area contributed by atoms with Crippen LogP contribution in [-0.2, 0) is 16.6 Å². The average Bonchev–Trinajstić information content (AvgIpc) is 3.06. The van der Waals surface area contributed by atoms with Crippen LogP contribution in [0.1, 0.15) is 81.6 Å². The van der Waals surface area contributed by atoms with Crippen LogP contribution in [0, 0.1) is 12.3 Å². The van der Waals surface area contributed by atoms with Gasteiger partial charge in [-0.2, -0.15) is 0 Å². The fraction of sp³-hybridized carbons (Fsp3) is 0.220. The zero-order chi connectivity index (χ0) is 32.2. The number of methoxy groups -OCH3 is 1. The van der Waals surface area contributed by atoms with Gasteiger partial charge in [0.1, 0.15) is 17.2 Å². The fourth-order valence-electron chi connectivity index (χ4n) is 7.16. The van der Waals surface area contributed by atoms with Gasteiger partial charge < -0.3 is 14.2 Å². The monoisotopic (exact) mass is 608 g/mol. The molecule has 5 heteroatoms. The van der Waals surface area contributed by atoms with Gasteiger partial charge in [-0.1, -0.05) is 72.8 Å². The highest BCUT2D eigenvalue weighted by Gasteiger charge is 2.54. The van der Waals surface area contributed by atoms with Crippen molar-refractivity contribution in [2.45, 2.75) is 45.4 Å². The Labute approximate surface area is 269 Å². The number of benzene rings is 5. The summed E-state index contributed by atoms with van der Waals surface area (Å²) >= 11 is 0. The number of ether oxygens (including phenoxy) is 3. The maximum atomic E-state index is 13.8. The number of hydrogen-bond acceptors (Lipinski definition) is 5. The second kappa shape index (κ2) is 11.0. The van der Waals surface area contributed by atoms with Crippen molar-refractivity contribution in [3.63, 3.8) is 0 Å². The second-order valence-corrected chi connectivity index (χ2v) is 13.2. The standard InChI is InChI=1S/C41H36O5/c1-25-12-6-7-13-27(25)24-41-31-16-10-8-14-29(31)35(30-15-9-11-17-32(30)41)36-33(46-39(43)40(2,3)4)22-23-34(37(36)41)45-38(42)26-18-20-28(44-5)21-19-26/h6-23,35H,24H2,1-5H3. The van der Waals surface area contributed by atoms with Crippen molar-refractivity contribution in [1.82, 2.24) is 0 Å². The highest BCUT2D eigenvalue weighted by molar-refractivity contribution is 5.92. The van der Waals surface area contributed by atoms with E-state index in [1.807, 2.05) is 20.8 Å². The van der Waals surface area contributed by atoms with E-state index in [0.29, 0.717) is 29.2 Å². The van der Waals surface area contributed by atoms with E-state index in [-0.39, 0.29) is 11.9 Å². The van der Waals surface area contributed by atoms with E-state index in [1.165, 1.54) is 11.1 Å². The molecule has 0 N–H and O–H groups in total. The Bertz CT molecular complexity index is 1950. The van der Waals surface area contributed by atoms with Gasteiger partial charge in [-0.15, -0.1) is 0 Å². The van der Waals surface area contributed by atoms with Crippen molar-refractivity contribution in [1.29, 1.82) is 0 Å². The maximum Gasteiger partial charge on any atom is 0.343 e. The summed E-state index contributed by atoms with van der Waals surface area (Å²) in [6.07, 6.45) is 0.622. The topological polar surface area (TPSA) is 61.8 Å². The number of rotatable bonds is 6. The molecule has 0 heterocycles. The van der Waals surface area contributed by atoms with E-state index < -0.39 is 16.8 Å². The molecule has 5 nitrogen and oxygen atoms in total. The molecular weight excluding hydrogens is 572 g/mol. The van der Waals surface area contributed by atoms with Gasteiger partial charge in [0.05, 0.1) is 23.5 Å². The van der Waals surface area contributed by atoms with Gasteiger partial charge in [0.15, 0.2) is 0 Å². The summed E-state index contributed by atoms with van der Waals surface area (Å²) in [4.78, 5) is 27.2. The van der Waals surface area contributed by atoms with E-state index in [1.54, 1.807) is 43.5 Å². The molecule has 0 saturated heterocycles. The molecule has 5 aromatic rings. The third kappa shape index (κ3) is 4.61. The largest absolute Gasteiger partial charge is 0.497 e. The van der Waals surface area contributed by atoms with Crippen molar-refractivity contribution in [3.8, 4) is 17.2 Å². The molecule has 5 aromatic carbocycles. The Balaban J connectivity index is 1.52. The van der Waals surface area contributed by atoms with Crippen LogP contribution in [0.2, 0.25) is 0 Å². The molecule has 3 aliphatic carbocycles. The molecule has 0 spiro atoms. The highest BCUT2D eigenvalue weighted by atomic mass is 16.5. The van der Waals surface area contributed by atoms with Crippen LogP contribution in [0.15, 0.2) is 109 Å². The molecular formula is C41H36O5. The van der Waals surface area contributed by atoms with Crippen molar-refractivity contribution >= 4 is 11.9 Å². The second-order valence-electron chi connectivity index (χ2n) is 13.2. The Hall–Kier alpha value is -5.16. The Morgan fingerprint density at radius 3 is 1.91 bits per heavy atom. The molecule has 0 atom stereocenters. The molecule has 8 rings (SSSR count). The normalized spacial score (nSPS) is 17.4. The average molecular weight is 609 g/mol. The van der Waals surface area contributed by atoms with Gasteiger partial charge >= 0.3 is 11.9 Å². The summed E-state index contributed by atoms with van der Waals surface area (Å²) in [5, 5.41) is 0. The molecule has 0 fully saturated rings. The third-order valence-electron chi connectivity index (χ3n) is 9.41. The molecule has 0 amide bonds. The molecule has 0 aromatic heterocycles. The fourth-order valence-corrected chi connectivity index (χ4v) is 7.16. The lowest BCUT2D eigenvalue weighted by Gasteiger charge is -2.51. The van der Waals surface area contributed by atoms with Crippen molar-refractivity contribution in [3.05, 3.63) is 159 Å². The number of carbonyl (C=O) groups excluding carboxylic acids is 2. The summed E-state index contributed by atoms with van der Waals surface area (Å²) in [5.41, 5.74) is 7.69. The molecule has 0 saturated carbocycles. The summed E-state index contributed by atoms with van der Waals surface area (Å²) in [6, 6.07) is 35.9. The minimum atomic E-state index is -0.733. The summed E-state index contributed by atoms with van der Waals surface area (Å²) in [7, 11) is 1.59. The first-order chi connectivity index (χ1) is 22.1. The van der Waals surface area contributed by atoms with Gasteiger partial charge in [-0.05, 0) is 104 Å². The molecule has 2 bridgehead atoms. The van der Waals surface area contributed by atoms with E-state index >= 15 is 0 Å². The predicted octanol–water partition coefficient (Wildman–Crippen LogP) is 8.56. The van der Waals surface area contributed by atoms with Crippen LogP contribution in [0.4, 0.5) is 0 Å². The zero-order valence-electron chi connectivity index (χ0n) is 26.7. The number of esters is 2. The molecule has 0 radical (unpaired) electrons. The van der Waals surface area contributed by atoms with Crippen molar-refractivity contribution < 1.29 is 23.8 Å². The summed E-state index contributed by atoms with van der Waals surface area (Å²) in [6.45, 7) is 7.68. The number of carbonyl (C=O) groups is 2. The summed E-state index contributed by atoms with van der Waals surface area (Å²) in [5.74, 6) is 0.577. The van der Waals surface area contributed by atoms with Crippen molar-refractivity contribution in [2.75, 3.05) is 7.11 Å². The molecule has 0 aliphatic heterocycles. The first-order valence-corrected chi connectivity index (χ1v) is 15.6. The van der Waals surface area contributed by atoms with Crippen LogP contribution in [0.25, 0.3) is 0 Å². The molecule has 46 heavy (non-hydrogen) atoms. The number of aryl methyl sites for hydroxylation is 1. The SMILES string of the molecule is COc1ccc(C(=O)Oc2ccc(OC(=O)C(C)(C)C)c3c2C2(Cc4ccccc4C)c4ccccc4C3c3ccccc32)cc1. The zero-order valence-corrected chi connectivity index (χ0v) is 26.7. The Kier molecular flexibility index (Phi) is 7.08. The van der Waals surface area contributed by atoms with Crippen molar-refractivity contribution in [2.24, 2.45) is 5.41 Å². The first kappa shape index (κ1) is 29.5. The molecule has 3 aliphatic rings. The van der Waals surface area contributed by atoms with Crippen LogP contribution in [0.3, 0.4) is 0 Å². The smallest absolute Gasteiger partial charge is 0.343 e. The number of hydrogen-bond donors (Lipinski definition) is 0. The van der Waals surface area contributed by atoms with Gasteiger partial charge in [0.25, 0.3) is 0 Å². The van der Waals surface area contributed by atoms with E-state index in [0.717, 1.165) is 33.4 Å². The van der Waals surface area contributed by atoms with Crippen LogP contribution in [-0.4, -0.2) is 19.0 Å². The van der Waals surface area contributed by atoms with Crippen LogP contribution in [0.5, 0.6) is 17.2 Å². The summed E-state index contributed by atoms with van der Waals surface area (Å²) < 4.78 is 17.9. The van der Waals surface area contributed by atoms with E-state index in [9.17, 15) is 9.59 Å². The quantitative estimate of drug-likeness (QED) is 0.143. The lowest BCUT2D eigenvalue weighted by atomic mass is 9.51. The minimum absolute atomic E-state index is 0.219. The molecule has 230 valence electrons. The first-order valence-electron chi connectivity index (χ1n) is 15.6. The Morgan fingerprint density at radius 2 is 1.30 bits per heavy atom. The van der Waals surface area contributed by atoms with Gasteiger partial charge in [0.2, 0.25) is 0 Å². The minimum Gasteiger partial charge on any atom is -0.497 e. The van der Waals surface area contributed by atoms with Crippen LogP contribution < -0.4 is 14.2 Å².